The molecule has 0 aromatic carbocycles. The lowest BCUT2D eigenvalue weighted by molar-refractivity contribution is 0.229. The Hall–Kier alpha value is -0.870. The molecule has 0 aliphatic carbocycles. The Balaban J connectivity index is 2.06. The van der Waals surface area contributed by atoms with Crippen LogP contribution in [-0.4, -0.2) is 29.0 Å². The fraction of sp³-hybridized carbons (Fsp3) is 0.750. The number of likely N-dealkylation sites (tertiary alicyclic amines) is 1. The van der Waals surface area contributed by atoms with Crippen molar-refractivity contribution in [1.82, 2.24) is 9.88 Å². The Morgan fingerprint density at radius 3 is 3.19 bits per heavy atom. The first kappa shape index (κ1) is 11.6. The molecule has 4 heteroatoms. The van der Waals surface area contributed by atoms with Gasteiger partial charge in [-0.15, -0.1) is 0 Å². The monoisotopic (exact) mass is 223 g/mol. The van der Waals surface area contributed by atoms with Gasteiger partial charge in [0, 0.05) is 12.5 Å². The fourth-order valence-corrected chi connectivity index (χ4v) is 2.37. The van der Waals surface area contributed by atoms with Crippen molar-refractivity contribution in [2.75, 3.05) is 13.1 Å². The topological polar surface area (TPSA) is 55.3 Å². The number of nitrogens with zero attached hydrogens (tertiary/aromatic N) is 2. The van der Waals surface area contributed by atoms with E-state index in [1.165, 1.54) is 6.42 Å². The lowest BCUT2D eigenvalue weighted by Crippen LogP contribution is -2.22. The number of nitrogens with two attached hydrogens (primary N) is 1. The van der Waals surface area contributed by atoms with Gasteiger partial charge in [-0.2, -0.15) is 0 Å². The highest BCUT2D eigenvalue weighted by Crippen LogP contribution is 2.31. The smallest absolute Gasteiger partial charge is 0.211 e. The van der Waals surface area contributed by atoms with Gasteiger partial charge in [0.2, 0.25) is 5.89 Å². The fourth-order valence-electron chi connectivity index (χ4n) is 2.37. The standard InChI is InChI=1S/C12H21N3O/c1-3-15-6-4-5-11(15)12-14-8-10(16-12)7-9(2)13/h8-9,11H,3-7,13H2,1-2H3. The predicted octanol–water partition coefficient (Wildman–Crippen LogP) is 1.72. The summed E-state index contributed by atoms with van der Waals surface area (Å²) in [6.45, 7) is 6.39. The zero-order valence-corrected chi connectivity index (χ0v) is 10.1. The summed E-state index contributed by atoms with van der Waals surface area (Å²) >= 11 is 0. The van der Waals surface area contributed by atoms with Crippen molar-refractivity contribution in [3.8, 4) is 0 Å². The third-order valence-electron chi connectivity index (χ3n) is 3.15. The van der Waals surface area contributed by atoms with Crippen LogP contribution in [-0.2, 0) is 6.42 Å². The maximum absolute atomic E-state index is 5.78. The van der Waals surface area contributed by atoms with Gasteiger partial charge in [0.1, 0.15) is 5.76 Å². The minimum atomic E-state index is 0.131. The maximum Gasteiger partial charge on any atom is 0.211 e. The molecule has 2 heterocycles. The van der Waals surface area contributed by atoms with E-state index >= 15 is 0 Å². The van der Waals surface area contributed by atoms with Crippen molar-refractivity contribution in [3.05, 3.63) is 17.8 Å². The SMILES string of the molecule is CCN1CCCC1c1ncc(CC(C)N)o1. The normalized spacial score (nSPS) is 23.8. The van der Waals surface area contributed by atoms with E-state index in [0.29, 0.717) is 6.04 Å². The number of rotatable bonds is 4. The molecule has 2 rings (SSSR count). The van der Waals surface area contributed by atoms with Crippen LogP contribution in [0.15, 0.2) is 10.6 Å². The summed E-state index contributed by atoms with van der Waals surface area (Å²) in [5, 5.41) is 0. The molecular weight excluding hydrogens is 202 g/mol. The van der Waals surface area contributed by atoms with Crippen LogP contribution in [0.2, 0.25) is 0 Å². The summed E-state index contributed by atoms with van der Waals surface area (Å²) in [6.07, 6.45) is 4.99. The average Bonchev–Trinajstić information content (AvgIpc) is 2.83. The van der Waals surface area contributed by atoms with E-state index in [9.17, 15) is 0 Å². The lowest BCUT2D eigenvalue weighted by Gasteiger charge is -2.19. The second-order valence-corrected chi connectivity index (χ2v) is 4.63. The third-order valence-corrected chi connectivity index (χ3v) is 3.15. The second kappa shape index (κ2) is 4.97. The average molecular weight is 223 g/mol. The molecule has 1 aromatic heterocycles. The maximum atomic E-state index is 5.78. The van der Waals surface area contributed by atoms with E-state index in [-0.39, 0.29) is 6.04 Å². The molecule has 90 valence electrons. The molecule has 0 bridgehead atoms. The van der Waals surface area contributed by atoms with Gasteiger partial charge in [0.25, 0.3) is 0 Å². The predicted molar refractivity (Wildman–Crippen MR) is 63.1 cm³/mol. The molecule has 1 aliphatic heterocycles. The quantitative estimate of drug-likeness (QED) is 0.844. The Bertz CT molecular complexity index is 335. The molecule has 2 atom stereocenters. The van der Waals surface area contributed by atoms with E-state index in [1.807, 2.05) is 13.1 Å². The minimum Gasteiger partial charge on any atom is -0.444 e. The van der Waals surface area contributed by atoms with E-state index in [0.717, 1.165) is 37.6 Å². The molecule has 0 radical (unpaired) electrons. The summed E-state index contributed by atoms with van der Waals surface area (Å²) < 4.78 is 5.78. The van der Waals surface area contributed by atoms with Gasteiger partial charge in [-0.1, -0.05) is 6.92 Å². The van der Waals surface area contributed by atoms with E-state index in [4.69, 9.17) is 10.2 Å². The van der Waals surface area contributed by atoms with Crippen LogP contribution < -0.4 is 5.73 Å². The molecule has 0 spiro atoms. The van der Waals surface area contributed by atoms with Gasteiger partial charge in [-0.25, -0.2) is 4.98 Å². The summed E-state index contributed by atoms with van der Waals surface area (Å²) in [5.74, 6) is 1.78. The van der Waals surface area contributed by atoms with Crippen LogP contribution in [0.25, 0.3) is 0 Å². The van der Waals surface area contributed by atoms with Crippen LogP contribution in [0.3, 0.4) is 0 Å². The Morgan fingerprint density at radius 1 is 1.69 bits per heavy atom. The second-order valence-electron chi connectivity index (χ2n) is 4.63. The van der Waals surface area contributed by atoms with Crippen molar-refractivity contribution < 1.29 is 4.42 Å². The minimum absolute atomic E-state index is 0.131. The Morgan fingerprint density at radius 2 is 2.50 bits per heavy atom. The summed E-state index contributed by atoms with van der Waals surface area (Å²) in [7, 11) is 0. The molecule has 1 saturated heterocycles. The number of aromatic nitrogens is 1. The van der Waals surface area contributed by atoms with E-state index < -0.39 is 0 Å². The lowest BCUT2D eigenvalue weighted by atomic mass is 10.2. The molecule has 2 N–H and O–H groups in total. The van der Waals surface area contributed by atoms with Crippen molar-refractivity contribution >= 4 is 0 Å². The first-order chi connectivity index (χ1) is 7.70. The highest BCUT2D eigenvalue weighted by Gasteiger charge is 2.28. The van der Waals surface area contributed by atoms with Crippen molar-refractivity contribution in [3.63, 3.8) is 0 Å². The zero-order valence-electron chi connectivity index (χ0n) is 10.1. The molecule has 1 fully saturated rings. The highest BCUT2D eigenvalue weighted by atomic mass is 16.4. The van der Waals surface area contributed by atoms with Crippen LogP contribution in [0, 0.1) is 0 Å². The summed E-state index contributed by atoms with van der Waals surface area (Å²) in [5.41, 5.74) is 5.74. The van der Waals surface area contributed by atoms with Gasteiger partial charge < -0.3 is 10.2 Å². The summed E-state index contributed by atoms with van der Waals surface area (Å²) in [6, 6.07) is 0.512. The molecular formula is C12H21N3O. The zero-order chi connectivity index (χ0) is 11.5. The Kier molecular flexibility index (Phi) is 3.61. The van der Waals surface area contributed by atoms with Crippen molar-refractivity contribution in [1.29, 1.82) is 0 Å². The van der Waals surface area contributed by atoms with E-state index in [2.05, 4.69) is 16.8 Å². The van der Waals surface area contributed by atoms with E-state index in [1.54, 1.807) is 0 Å². The van der Waals surface area contributed by atoms with Crippen molar-refractivity contribution in [2.45, 2.75) is 45.2 Å². The molecule has 0 saturated carbocycles. The largest absolute Gasteiger partial charge is 0.444 e. The molecule has 1 aromatic rings. The van der Waals surface area contributed by atoms with Crippen LogP contribution >= 0.6 is 0 Å². The van der Waals surface area contributed by atoms with Gasteiger partial charge in [-0.05, 0) is 32.9 Å². The van der Waals surface area contributed by atoms with Gasteiger partial charge >= 0.3 is 0 Å². The first-order valence-corrected chi connectivity index (χ1v) is 6.15. The number of oxazole rings is 1. The van der Waals surface area contributed by atoms with Crippen LogP contribution in [0.5, 0.6) is 0 Å². The molecule has 4 nitrogen and oxygen atoms in total. The molecule has 0 amide bonds. The Labute approximate surface area is 96.8 Å². The number of hydrogen-bond acceptors (Lipinski definition) is 4. The van der Waals surface area contributed by atoms with Crippen LogP contribution in [0.4, 0.5) is 0 Å². The summed E-state index contributed by atoms with van der Waals surface area (Å²) in [4.78, 5) is 6.80. The van der Waals surface area contributed by atoms with Crippen molar-refractivity contribution in [2.24, 2.45) is 5.73 Å². The van der Waals surface area contributed by atoms with Crippen LogP contribution in [0.1, 0.15) is 44.4 Å². The molecule has 16 heavy (non-hydrogen) atoms. The third kappa shape index (κ3) is 2.44. The first-order valence-electron chi connectivity index (χ1n) is 6.15. The molecule has 1 aliphatic rings. The van der Waals surface area contributed by atoms with Gasteiger partial charge in [0.15, 0.2) is 0 Å². The number of hydrogen-bond donors (Lipinski definition) is 1. The molecule has 2 unspecified atom stereocenters. The van der Waals surface area contributed by atoms with Gasteiger partial charge in [-0.3, -0.25) is 4.90 Å². The highest BCUT2D eigenvalue weighted by molar-refractivity contribution is 5.01. The van der Waals surface area contributed by atoms with Gasteiger partial charge in [0.05, 0.1) is 12.2 Å².